The molecule has 1 aromatic carbocycles. The minimum Gasteiger partial charge on any atom is -0.207 e. The van der Waals surface area contributed by atoms with Gasteiger partial charge in [0.25, 0.3) is 0 Å². The standard InChI is InChI=1S/C9H6Br2FN3/c10-8-4-6(12)5-9(11)7(8)2-1-3-14-15-13/h1-2,4-5H,3H2. The molecule has 0 aliphatic rings. The predicted octanol–water partition coefficient (Wildman–Crippen LogP) is 4.67. The third kappa shape index (κ3) is 3.66. The van der Waals surface area contributed by atoms with E-state index >= 15 is 0 Å². The number of hydrogen-bond donors (Lipinski definition) is 0. The Labute approximate surface area is 103 Å². The first-order valence-electron chi connectivity index (χ1n) is 3.97. The van der Waals surface area contributed by atoms with Crippen LogP contribution >= 0.6 is 31.9 Å². The highest BCUT2D eigenvalue weighted by atomic mass is 79.9. The van der Waals surface area contributed by atoms with Crippen LogP contribution in [-0.2, 0) is 0 Å². The van der Waals surface area contributed by atoms with E-state index in [2.05, 4.69) is 41.9 Å². The minimum atomic E-state index is -0.319. The lowest BCUT2D eigenvalue weighted by Crippen LogP contribution is -1.82. The molecule has 0 heterocycles. The van der Waals surface area contributed by atoms with Crippen LogP contribution in [0.2, 0.25) is 0 Å². The van der Waals surface area contributed by atoms with E-state index in [0.717, 1.165) is 5.56 Å². The van der Waals surface area contributed by atoms with Crippen LogP contribution < -0.4 is 0 Å². The number of rotatable bonds is 3. The molecule has 3 nitrogen and oxygen atoms in total. The molecule has 0 unspecified atom stereocenters. The molecule has 78 valence electrons. The second kappa shape index (κ2) is 5.90. The fraction of sp³-hybridized carbons (Fsp3) is 0.111. The zero-order valence-electron chi connectivity index (χ0n) is 7.49. The van der Waals surface area contributed by atoms with Gasteiger partial charge in [-0.25, -0.2) is 4.39 Å². The summed E-state index contributed by atoms with van der Waals surface area (Å²) in [5.41, 5.74) is 8.88. The van der Waals surface area contributed by atoms with E-state index in [9.17, 15) is 4.39 Å². The summed E-state index contributed by atoms with van der Waals surface area (Å²) in [6.45, 7) is 0.271. The van der Waals surface area contributed by atoms with Crippen LogP contribution in [0.3, 0.4) is 0 Å². The van der Waals surface area contributed by atoms with Gasteiger partial charge in [-0.1, -0.05) is 49.1 Å². The van der Waals surface area contributed by atoms with Crippen LogP contribution in [0.25, 0.3) is 16.5 Å². The van der Waals surface area contributed by atoms with Gasteiger partial charge in [0.2, 0.25) is 0 Å². The van der Waals surface area contributed by atoms with Crippen molar-refractivity contribution in [3.8, 4) is 0 Å². The van der Waals surface area contributed by atoms with Gasteiger partial charge in [0.1, 0.15) is 5.82 Å². The van der Waals surface area contributed by atoms with Gasteiger partial charge in [-0.15, -0.1) is 0 Å². The molecule has 0 spiro atoms. The van der Waals surface area contributed by atoms with E-state index in [1.807, 2.05) is 0 Å². The van der Waals surface area contributed by atoms with Gasteiger partial charge >= 0.3 is 0 Å². The van der Waals surface area contributed by atoms with Crippen LogP contribution in [0.15, 0.2) is 32.3 Å². The van der Waals surface area contributed by atoms with Crippen LogP contribution in [-0.4, -0.2) is 6.54 Å². The van der Waals surface area contributed by atoms with Gasteiger partial charge in [0, 0.05) is 26.0 Å². The number of halogens is 3. The van der Waals surface area contributed by atoms with Crippen LogP contribution in [0, 0.1) is 5.82 Å². The largest absolute Gasteiger partial charge is 0.207 e. The van der Waals surface area contributed by atoms with Crippen molar-refractivity contribution in [3.63, 3.8) is 0 Å². The van der Waals surface area contributed by atoms with E-state index in [1.165, 1.54) is 12.1 Å². The smallest absolute Gasteiger partial charge is 0.125 e. The highest BCUT2D eigenvalue weighted by Gasteiger charge is 2.03. The Morgan fingerprint density at radius 1 is 1.40 bits per heavy atom. The first-order chi connectivity index (χ1) is 7.15. The van der Waals surface area contributed by atoms with Crippen molar-refractivity contribution in [3.05, 3.63) is 49.0 Å². The van der Waals surface area contributed by atoms with Crippen molar-refractivity contribution in [1.82, 2.24) is 0 Å². The predicted molar refractivity (Wildman–Crippen MR) is 64.8 cm³/mol. The first kappa shape index (κ1) is 12.2. The summed E-state index contributed by atoms with van der Waals surface area (Å²) in [7, 11) is 0. The van der Waals surface area contributed by atoms with Gasteiger partial charge in [0.05, 0.1) is 0 Å². The number of azide groups is 1. The van der Waals surface area contributed by atoms with Crippen molar-refractivity contribution in [2.45, 2.75) is 0 Å². The Hall–Kier alpha value is -0.840. The molecule has 15 heavy (non-hydrogen) atoms. The van der Waals surface area contributed by atoms with Gasteiger partial charge in [-0.2, -0.15) is 0 Å². The molecule has 0 aliphatic carbocycles. The van der Waals surface area contributed by atoms with Gasteiger partial charge in [-0.05, 0) is 17.7 Å². The van der Waals surface area contributed by atoms with Gasteiger partial charge in [0.15, 0.2) is 0 Å². The van der Waals surface area contributed by atoms with Crippen molar-refractivity contribution < 1.29 is 4.39 Å². The summed E-state index contributed by atoms with van der Waals surface area (Å²) in [5.74, 6) is -0.319. The maximum atomic E-state index is 12.9. The second-order valence-corrected chi connectivity index (χ2v) is 4.31. The lowest BCUT2D eigenvalue weighted by atomic mass is 10.2. The Bertz CT molecular complexity index is 416. The topological polar surface area (TPSA) is 48.8 Å². The monoisotopic (exact) mass is 333 g/mol. The first-order valence-corrected chi connectivity index (χ1v) is 5.55. The summed E-state index contributed by atoms with van der Waals surface area (Å²) < 4.78 is 14.2. The Kier molecular flexibility index (Phi) is 4.81. The van der Waals surface area contributed by atoms with Crippen molar-refractivity contribution in [1.29, 1.82) is 0 Å². The Morgan fingerprint density at radius 3 is 2.53 bits per heavy atom. The molecular formula is C9H6Br2FN3. The van der Waals surface area contributed by atoms with Crippen molar-refractivity contribution >= 4 is 37.9 Å². The fourth-order valence-electron chi connectivity index (χ4n) is 0.967. The van der Waals surface area contributed by atoms with E-state index in [1.54, 1.807) is 12.2 Å². The average molecular weight is 335 g/mol. The quantitative estimate of drug-likeness (QED) is 0.438. The van der Waals surface area contributed by atoms with Crippen LogP contribution in [0.5, 0.6) is 0 Å². The molecule has 0 fully saturated rings. The molecule has 0 aliphatic heterocycles. The minimum absolute atomic E-state index is 0.271. The maximum absolute atomic E-state index is 12.9. The van der Waals surface area contributed by atoms with E-state index < -0.39 is 0 Å². The molecule has 0 bridgehead atoms. The third-order valence-corrected chi connectivity index (χ3v) is 2.89. The molecule has 0 N–H and O–H groups in total. The van der Waals surface area contributed by atoms with Crippen molar-refractivity contribution in [2.24, 2.45) is 5.11 Å². The molecule has 0 aromatic heterocycles. The molecule has 0 amide bonds. The number of benzene rings is 1. The highest BCUT2D eigenvalue weighted by molar-refractivity contribution is 9.11. The van der Waals surface area contributed by atoms with Gasteiger partial charge in [-0.3, -0.25) is 0 Å². The summed E-state index contributed by atoms with van der Waals surface area (Å²) in [6.07, 6.45) is 3.45. The number of nitrogens with zero attached hydrogens (tertiary/aromatic N) is 3. The molecule has 0 radical (unpaired) electrons. The zero-order chi connectivity index (χ0) is 11.3. The number of hydrogen-bond acceptors (Lipinski definition) is 1. The van der Waals surface area contributed by atoms with Crippen LogP contribution in [0.1, 0.15) is 5.56 Å². The summed E-state index contributed by atoms with van der Waals surface area (Å²) in [4.78, 5) is 2.62. The summed E-state index contributed by atoms with van der Waals surface area (Å²) >= 11 is 6.48. The molecule has 0 saturated carbocycles. The van der Waals surface area contributed by atoms with Crippen LogP contribution in [0.4, 0.5) is 4.39 Å². The lowest BCUT2D eigenvalue weighted by molar-refractivity contribution is 0.626. The summed E-state index contributed by atoms with van der Waals surface area (Å²) in [5, 5.41) is 3.35. The lowest BCUT2D eigenvalue weighted by Gasteiger charge is -2.02. The van der Waals surface area contributed by atoms with E-state index in [0.29, 0.717) is 8.95 Å². The maximum Gasteiger partial charge on any atom is 0.125 e. The normalized spacial score (nSPS) is 10.3. The molecule has 1 rings (SSSR count). The highest BCUT2D eigenvalue weighted by Crippen LogP contribution is 2.27. The molecule has 0 saturated heterocycles. The molecular weight excluding hydrogens is 329 g/mol. The molecule has 6 heteroatoms. The third-order valence-electron chi connectivity index (χ3n) is 1.58. The van der Waals surface area contributed by atoms with E-state index in [4.69, 9.17) is 5.53 Å². The Balaban J connectivity index is 2.94. The second-order valence-electron chi connectivity index (χ2n) is 2.60. The Morgan fingerprint density at radius 2 is 2.00 bits per heavy atom. The van der Waals surface area contributed by atoms with Crippen molar-refractivity contribution in [2.75, 3.05) is 6.54 Å². The molecule has 0 atom stereocenters. The fourth-order valence-corrected chi connectivity index (χ4v) is 2.36. The zero-order valence-corrected chi connectivity index (χ0v) is 10.7. The summed E-state index contributed by atoms with van der Waals surface area (Å²) in [6, 6.07) is 2.75. The SMILES string of the molecule is [N-]=[N+]=NCC=Cc1c(Br)cc(F)cc1Br. The average Bonchev–Trinajstić information content (AvgIpc) is 2.15. The van der Waals surface area contributed by atoms with Gasteiger partial charge < -0.3 is 0 Å². The van der Waals surface area contributed by atoms with E-state index in [-0.39, 0.29) is 12.4 Å². The molecule has 1 aromatic rings.